The number of rotatable bonds is 8. The molecule has 0 aliphatic carbocycles. The third-order valence-corrected chi connectivity index (χ3v) is 5.35. The van der Waals surface area contributed by atoms with E-state index in [9.17, 15) is 4.79 Å². The van der Waals surface area contributed by atoms with Gasteiger partial charge in [-0.1, -0.05) is 48.5 Å². The van der Waals surface area contributed by atoms with Crippen LogP contribution in [0.25, 0.3) is 22.1 Å². The van der Waals surface area contributed by atoms with E-state index < -0.39 is 0 Å². The molecule has 4 aromatic rings. The van der Waals surface area contributed by atoms with Crippen LogP contribution in [0.5, 0.6) is 5.75 Å². The van der Waals surface area contributed by atoms with Crippen LogP contribution in [0.4, 0.5) is 0 Å². The number of benzene rings is 3. The lowest BCUT2D eigenvalue weighted by molar-refractivity contribution is -0.130. The summed E-state index contributed by atoms with van der Waals surface area (Å²) in [6, 6.07) is 22.2. The van der Waals surface area contributed by atoms with Gasteiger partial charge < -0.3 is 14.1 Å². The van der Waals surface area contributed by atoms with Crippen molar-refractivity contribution < 1.29 is 13.9 Å². The Morgan fingerprint density at radius 2 is 1.81 bits per heavy atom. The number of amides is 1. The van der Waals surface area contributed by atoms with Gasteiger partial charge in [-0.05, 0) is 41.0 Å². The summed E-state index contributed by atoms with van der Waals surface area (Å²) in [5, 5.41) is 2.26. The second-order valence-electron chi connectivity index (χ2n) is 7.64. The zero-order valence-electron chi connectivity index (χ0n) is 17.9. The molecular weight excluding hydrogens is 388 g/mol. The molecule has 5 nitrogen and oxygen atoms in total. The predicted octanol–water partition coefficient (Wildman–Crippen LogP) is 5.48. The molecule has 0 aliphatic rings. The lowest BCUT2D eigenvalue weighted by Gasteiger charge is -2.17. The van der Waals surface area contributed by atoms with Crippen molar-refractivity contribution in [2.24, 2.45) is 0 Å². The minimum Gasteiger partial charge on any atom is -0.497 e. The van der Waals surface area contributed by atoms with Gasteiger partial charge in [-0.25, -0.2) is 4.98 Å². The van der Waals surface area contributed by atoms with Gasteiger partial charge in [0.1, 0.15) is 5.75 Å². The topological polar surface area (TPSA) is 55.6 Å². The number of ether oxygens (including phenoxy) is 1. The first-order valence-corrected chi connectivity index (χ1v) is 10.4. The van der Waals surface area contributed by atoms with E-state index in [1.807, 2.05) is 55.6 Å². The highest BCUT2D eigenvalue weighted by Gasteiger charge is 2.12. The van der Waals surface area contributed by atoms with Crippen LogP contribution >= 0.6 is 0 Å². The molecule has 4 rings (SSSR count). The van der Waals surface area contributed by atoms with Gasteiger partial charge in [-0.3, -0.25) is 4.79 Å². The van der Waals surface area contributed by atoms with Crippen molar-refractivity contribution in [1.29, 1.82) is 0 Å². The maximum Gasteiger partial charge on any atom is 0.222 e. The summed E-state index contributed by atoms with van der Waals surface area (Å²) in [5.41, 5.74) is 2.11. The van der Waals surface area contributed by atoms with Crippen molar-refractivity contribution in [3.63, 3.8) is 0 Å². The normalized spacial score (nSPS) is 10.9. The van der Waals surface area contributed by atoms with Gasteiger partial charge in [-0.15, -0.1) is 0 Å². The van der Waals surface area contributed by atoms with Gasteiger partial charge in [0, 0.05) is 32.0 Å². The fraction of sp³-hybridized carbons (Fsp3) is 0.231. The summed E-state index contributed by atoms with van der Waals surface area (Å²) in [4.78, 5) is 18.7. The minimum absolute atomic E-state index is 0.115. The summed E-state index contributed by atoms with van der Waals surface area (Å²) in [6.45, 7) is 0.581. The molecule has 0 saturated heterocycles. The van der Waals surface area contributed by atoms with Crippen LogP contribution in [-0.4, -0.2) is 29.9 Å². The molecule has 0 fully saturated rings. The van der Waals surface area contributed by atoms with Gasteiger partial charge >= 0.3 is 0 Å². The number of hydrogen-bond donors (Lipinski definition) is 0. The van der Waals surface area contributed by atoms with Gasteiger partial charge in [0.05, 0.1) is 13.3 Å². The number of hydrogen-bond acceptors (Lipinski definition) is 4. The highest BCUT2D eigenvalue weighted by molar-refractivity contribution is 5.84. The van der Waals surface area contributed by atoms with Crippen molar-refractivity contribution in [3.05, 3.63) is 84.4 Å². The lowest BCUT2D eigenvalue weighted by Crippen LogP contribution is -2.26. The third-order valence-electron chi connectivity index (χ3n) is 5.35. The van der Waals surface area contributed by atoms with Gasteiger partial charge in [-0.2, -0.15) is 0 Å². The van der Waals surface area contributed by atoms with Crippen LogP contribution in [0.3, 0.4) is 0 Å². The molecule has 0 N–H and O–H groups in total. The van der Waals surface area contributed by atoms with Crippen molar-refractivity contribution >= 4 is 16.7 Å². The van der Waals surface area contributed by atoms with Crippen LogP contribution in [0.15, 0.2) is 77.3 Å². The summed E-state index contributed by atoms with van der Waals surface area (Å²) >= 11 is 0. The first-order valence-electron chi connectivity index (χ1n) is 10.4. The van der Waals surface area contributed by atoms with E-state index in [2.05, 4.69) is 23.2 Å². The second-order valence-corrected chi connectivity index (χ2v) is 7.64. The van der Waals surface area contributed by atoms with Crippen molar-refractivity contribution in [3.8, 4) is 17.1 Å². The minimum atomic E-state index is 0.115. The van der Waals surface area contributed by atoms with Crippen LogP contribution in [0, 0.1) is 0 Å². The molecule has 5 heteroatoms. The van der Waals surface area contributed by atoms with Crippen LogP contribution in [0.2, 0.25) is 0 Å². The SMILES string of the molecule is COc1ccc2cc(CN(C)C(=O)CCCc3ncc(-c4ccccc4)o3)ccc2c1. The van der Waals surface area contributed by atoms with E-state index in [0.29, 0.717) is 31.7 Å². The van der Waals surface area contributed by atoms with Crippen LogP contribution in [0.1, 0.15) is 24.3 Å². The molecule has 0 radical (unpaired) electrons. The largest absolute Gasteiger partial charge is 0.497 e. The Kier molecular flexibility index (Phi) is 6.32. The Labute approximate surface area is 182 Å². The standard InChI is InChI=1S/C26H26N2O3/c1-28(18-19-11-12-22-16-23(30-2)14-13-21(22)15-19)26(29)10-6-9-25-27-17-24(31-25)20-7-4-3-5-8-20/h3-5,7-8,11-17H,6,9-10,18H2,1-2H3. The number of carbonyl (C=O) groups is 1. The van der Waals surface area contributed by atoms with Gasteiger partial charge in [0.2, 0.25) is 5.91 Å². The highest BCUT2D eigenvalue weighted by atomic mass is 16.5. The number of oxazole rings is 1. The van der Waals surface area contributed by atoms with E-state index >= 15 is 0 Å². The Balaban J connectivity index is 1.29. The molecule has 1 amide bonds. The average molecular weight is 415 g/mol. The van der Waals surface area contributed by atoms with Gasteiger partial charge in [0.25, 0.3) is 0 Å². The molecule has 0 saturated carbocycles. The Morgan fingerprint density at radius 3 is 2.61 bits per heavy atom. The molecule has 3 aromatic carbocycles. The lowest BCUT2D eigenvalue weighted by atomic mass is 10.1. The molecule has 158 valence electrons. The first-order chi connectivity index (χ1) is 15.1. The summed E-state index contributed by atoms with van der Waals surface area (Å²) in [6.07, 6.45) is 3.55. The molecule has 1 aromatic heterocycles. The Bertz CT molecular complexity index is 1170. The number of nitrogens with zero attached hydrogens (tertiary/aromatic N) is 2. The highest BCUT2D eigenvalue weighted by Crippen LogP contribution is 2.23. The molecule has 0 bridgehead atoms. The average Bonchev–Trinajstić information content (AvgIpc) is 3.28. The Hall–Kier alpha value is -3.60. The third kappa shape index (κ3) is 5.12. The number of methoxy groups -OCH3 is 1. The van der Waals surface area contributed by atoms with Crippen LogP contribution in [-0.2, 0) is 17.8 Å². The van der Waals surface area contributed by atoms with E-state index in [1.165, 1.54) is 0 Å². The number of carbonyl (C=O) groups excluding carboxylic acids is 1. The Morgan fingerprint density at radius 1 is 1.03 bits per heavy atom. The molecule has 0 unspecified atom stereocenters. The number of fused-ring (bicyclic) bond motifs is 1. The molecule has 1 heterocycles. The predicted molar refractivity (Wildman–Crippen MR) is 122 cm³/mol. The molecule has 31 heavy (non-hydrogen) atoms. The zero-order valence-corrected chi connectivity index (χ0v) is 17.9. The smallest absolute Gasteiger partial charge is 0.222 e. The summed E-state index contributed by atoms with van der Waals surface area (Å²) < 4.78 is 11.1. The van der Waals surface area contributed by atoms with Crippen molar-refractivity contribution in [2.75, 3.05) is 14.2 Å². The molecule has 0 atom stereocenters. The quantitative estimate of drug-likeness (QED) is 0.383. The fourth-order valence-corrected chi connectivity index (χ4v) is 3.60. The van der Waals surface area contributed by atoms with E-state index in [0.717, 1.165) is 33.4 Å². The van der Waals surface area contributed by atoms with E-state index in [-0.39, 0.29) is 5.91 Å². The van der Waals surface area contributed by atoms with Crippen LogP contribution < -0.4 is 4.74 Å². The second kappa shape index (κ2) is 9.47. The fourth-order valence-electron chi connectivity index (χ4n) is 3.60. The maximum absolute atomic E-state index is 12.6. The van der Waals surface area contributed by atoms with Gasteiger partial charge in [0.15, 0.2) is 11.7 Å². The van der Waals surface area contributed by atoms with E-state index in [1.54, 1.807) is 18.2 Å². The van der Waals surface area contributed by atoms with E-state index in [4.69, 9.17) is 9.15 Å². The summed E-state index contributed by atoms with van der Waals surface area (Å²) in [7, 11) is 3.51. The van der Waals surface area contributed by atoms with Crippen molar-refractivity contribution in [1.82, 2.24) is 9.88 Å². The molecule has 0 spiro atoms. The molecule has 0 aliphatic heterocycles. The van der Waals surface area contributed by atoms with Crippen molar-refractivity contribution in [2.45, 2.75) is 25.8 Å². The zero-order chi connectivity index (χ0) is 21.6. The number of aryl methyl sites for hydroxylation is 1. The maximum atomic E-state index is 12.6. The monoisotopic (exact) mass is 414 g/mol. The molecular formula is C26H26N2O3. The first kappa shape index (κ1) is 20.7. The number of aromatic nitrogens is 1. The summed E-state index contributed by atoms with van der Waals surface area (Å²) in [5.74, 6) is 2.38.